The Morgan fingerprint density at radius 3 is 2.96 bits per heavy atom. The Morgan fingerprint density at radius 2 is 2.11 bits per heavy atom. The molecule has 2 aromatic rings. The van der Waals surface area contributed by atoms with Gasteiger partial charge in [0.15, 0.2) is 5.72 Å². The first-order valence-electron chi connectivity index (χ1n) is 9.86. The fraction of sp³-hybridized carbons (Fsp3) is 0.550. The highest BCUT2D eigenvalue weighted by molar-refractivity contribution is 5.85. The summed E-state index contributed by atoms with van der Waals surface area (Å²) in [6, 6.07) is 7.87. The number of rotatable bonds is 3. The van der Waals surface area contributed by atoms with Crippen LogP contribution < -0.4 is 0 Å². The van der Waals surface area contributed by atoms with Crippen LogP contribution in [-0.2, 0) is 20.9 Å². The highest BCUT2D eigenvalue weighted by Crippen LogP contribution is 2.46. The second kappa shape index (κ2) is 5.32. The molecule has 1 saturated carbocycles. The normalized spacial score (nSPS) is 29.6. The van der Waals surface area contributed by atoms with Crippen molar-refractivity contribution in [1.29, 1.82) is 0 Å². The van der Waals surface area contributed by atoms with Gasteiger partial charge >= 0.3 is 0 Å². The number of fused-ring (bicyclic) bond motifs is 1. The number of likely N-dealkylation sites (tertiary alicyclic amines) is 1. The summed E-state index contributed by atoms with van der Waals surface area (Å²) in [6.45, 7) is 2.16. The van der Waals surface area contributed by atoms with E-state index in [0.717, 1.165) is 36.1 Å². The van der Waals surface area contributed by atoms with E-state index in [9.17, 15) is 9.59 Å². The van der Waals surface area contributed by atoms with Crippen molar-refractivity contribution < 1.29 is 14.3 Å². The van der Waals surface area contributed by atoms with E-state index in [0.29, 0.717) is 32.0 Å². The molecule has 6 rings (SSSR count). The molecule has 0 bridgehead atoms. The van der Waals surface area contributed by atoms with Crippen molar-refractivity contribution in [1.82, 2.24) is 19.4 Å². The van der Waals surface area contributed by atoms with Crippen LogP contribution in [0.2, 0.25) is 0 Å². The minimum absolute atomic E-state index is 0.0621. The van der Waals surface area contributed by atoms with Gasteiger partial charge in [-0.15, -0.1) is 0 Å². The van der Waals surface area contributed by atoms with Crippen LogP contribution in [0.3, 0.4) is 0 Å². The van der Waals surface area contributed by atoms with Crippen LogP contribution in [0.15, 0.2) is 24.3 Å². The molecule has 0 N–H and O–H groups in total. The van der Waals surface area contributed by atoms with Crippen LogP contribution in [0.1, 0.15) is 37.4 Å². The van der Waals surface area contributed by atoms with Gasteiger partial charge in [0.2, 0.25) is 11.8 Å². The van der Waals surface area contributed by atoms with E-state index in [1.54, 1.807) is 0 Å². The van der Waals surface area contributed by atoms with Gasteiger partial charge in [-0.25, -0.2) is 4.98 Å². The van der Waals surface area contributed by atoms with Crippen molar-refractivity contribution in [3.05, 3.63) is 30.1 Å². The lowest BCUT2D eigenvalue weighted by Gasteiger charge is -2.31. The number of para-hydroxylation sites is 2. The Bertz CT molecular complexity index is 965. The number of nitrogens with zero attached hydrogens (tertiary/aromatic N) is 4. The summed E-state index contributed by atoms with van der Waals surface area (Å²) in [5, 5.41) is 0. The predicted octanol–water partition coefficient (Wildman–Crippen LogP) is 1.47. The molecule has 7 heteroatoms. The smallest absolute Gasteiger partial charge is 0.243 e. The second-order valence-electron chi connectivity index (χ2n) is 8.11. The van der Waals surface area contributed by atoms with E-state index in [1.807, 2.05) is 34.1 Å². The Kier molecular flexibility index (Phi) is 3.08. The van der Waals surface area contributed by atoms with Crippen molar-refractivity contribution in [2.75, 3.05) is 19.7 Å². The molecule has 27 heavy (non-hydrogen) atoms. The summed E-state index contributed by atoms with van der Waals surface area (Å²) < 4.78 is 8.10. The zero-order valence-corrected chi connectivity index (χ0v) is 15.1. The van der Waals surface area contributed by atoms with E-state index < -0.39 is 5.72 Å². The van der Waals surface area contributed by atoms with Crippen LogP contribution in [-0.4, -0.2) is 62.6 Å². The molecule has 1 aliphatic carbocycles. The summed E-state index contributed by atoms with van der Waals surface area (Å²) in [5.41, 5.74) is 1.40. The summed E-state index contributed by atoms with van der Waals surface area (Å²) in [6.07, 6.45) is 3.38. The molecule has 140 valence electrons. The standard InChI is InChI=1S/C20H22N4O3/c25-17-11-16-20(24(17)9-10-27-20)7-8-22(16)18(26)12-23-15-4-2-1-3-14(15)21-19(23)13-5-6-13/h1-4,13,16H,5-12H2/t16-,20+/m1/s1. The molecule has 7 nitrogen and oxygen atoms in total. The van der Waals surface area contributed by atoms with Gasteiger partial charge in [-0.1, -0.05) is 12.1 Å². The zero-order valence-electron chi connectivity index (χ0n) is 15.1. The third-order valence-corrected chi connectivity index (χ3v) is 6.64. The fourth-order valence-electron chi connectivity index (χ4n) is 5.23. The molecule has 1 spiro atoms. The molecule has 1 aromatic heterocycles. The van der Waals surface area contributed by atoms with Crippen molar-refractivity contribution in [2.24, 2.45) is 0 Å². The minimum Gasteiger partial charge on any atom is -0.351 e. The van der Waals surface area contributed by atoms with Crippen LogP contribution in [0.5, 0.6) is 0 Å². The molecule has 1 aromatic carbocycles. The van der Waals surface area contributed by atoms with Crippen molar-refractivity contribution in [2.45, 2.75) is 49.9 Å². The van der Waals surface area contributed by atoms with Gasteiger partial charge in [-0.2, -0.15) is 0 Å². The van der Waals surface area contributed by atoms with Gasteiger partial charge in [0, 0.05) is 25.4 Å². The van der Waals surface area contributed by atoms with Crippen molar-refractivity contribution in [3.8, 4) is 0 Å². The molecule has 4 aliphatic rings. The number of hydrogen-bond acceptors (Lipinski definition) is 4. The molecule has 0 unspecified atom stereocenters. The van der Waals surface area contributed by atoms with Crippen LogP contribution in [0, 0.1) is 0 Å². The lowest BCUT2D eigenvalue weighted by molar-refractivity contribution is -0.140. The molecule has 4 fully saturated rings. The molecule has 2 amide bonds. The largest absolute Gasteiger partial charge is 0.351 e. The average Bonchev–Trinajstić information content (AvgIpc) is 3.06. The molecule has 4 heterocycles. The fourth-order valence-corrected chi connectivity index (χ4v) is 5.23. The highest BCUT2D eigenvalue weighted by Gasteiger charge is 2.62. The maximum Gasteiger partial charge on any atom is 0.243 e. The molecular weight excluding hydrogens is 344 g/mol. The van der Waals surface area contributed by atoms with Gasteiger partial charge in [-0.3, -0.25) is 9.59 Å². The second-order valence-corrected chi connectivity index (χ2v) is 8.11. The predicted molar refractivity (Wildman–Crippen MR) is 96.8 cm³/mol. The highest BCUT2D eigenvalue weighted by atomic mass is 16.5. The van der Waals surface area contributed by atoms with Crippen molar-refractivity contribution in [3.63, 3.8) is 0 Å². The van der Waals surface area contributed by atoms with Crippen LogP contribution in [0.4, 0.5) is 0 Å². The maximum absolute atomic E-state index is 13.3. The summed E-state index contributed by atoms with van der Waals surface area (Å²) >= 11 is 0. The molecule has 3 saturated heterocycles. The minimum atomic E-state index is -0.566. The topological polar surface area (TPSA) is 67.7 Å². The first kappa shape index (κ1) is 15.6. The Hall–Kier alpha value is -2.41. The lowest BCUT2D eigenvalue weighted by atomic mass is 10.1. The summed E-state index contributed by atoms with van der Waals surface area (Å²) in [7, 11) is 0. The quantitative estimate of drug-likeness (QED) is 0.825. The third kappa shape index (κ3) is 2.09. The number of aromatic nitrogens is 2. The van der Waals surface area contributed by atoms with Gasteiger partial charge in [0.1, 0.15) is 12.4 Å². The number of ether oxygens (including phenoxy) is 1. The molecule has 2 atom stereocenters. The van der Waals surface area contributed by atoms with E-state index in [2.05, 4.69) is 4.57 Å². The SMILES string of the molecule is O=C(Cn1c(C2CC2)nc2ccccc21)N1CC[C@@]23OCCN2C(=O)C[C@@H]13. The Balaban J connectivity index is 1.32. The first-order valence-corrected chi connectivity index (χ1v) is 9.86. The zero-order chi connectivity index (χ0) is 18.2. The Labute approximate surface area is 156 Å². The third-order valence-electron chi connectivity index (χ3n) is 6.64. The molecule has 0 radical (unpaired) electrons. The number of imidazole rings is 1. The number of carbonyl (C=O) groups excluding carboxylic acids is 2. The average molecular weight is 366 g/mol. The van der Waals surface area contributed by atoms with E-state index >= 15 is 0 Å². The van der Waals surface area contributed by atoms with E-state index in [4.69, 9.17) is 9.72 Å². The van der Waals surface area contributed by atoms with Crippen molar-refractivity contribution >= 4 is 22.8 Å². The van der Waals surface area contributed by atoms with Gasteiger partial charge in [-0.05, 0) is 25.0 Å². The van der Waals surface area contributed by atoms with Gasteiger partial charge in [0.05, 0.1) is 30.1 Å². The monoisotopic (exact) mass is 366 g/mol. The number of carbonyl (C=O) groups is 2. The molecular formula is C20H22N4O3. The summed E-state index contributed by atoms with van der Waals surface area (Å²) in [5.74, 6) is 1.67. The van der Waals surface area contributed by atoms with Gasteiger partial charge < -0.3 is 19.1 Å². The van der Waals surface area contributed by atoms with E-state index in [-0.39, 0.29) is 24.4 Å². The first-order chi connectivity index (χ1) is 13.2. The van der Waals surface area contributed by atoms with Gasteiger partial charge in [0.25, 0.3) is 0 Å². The number of amides is 2. The number of hydrogen-bond donors (Lipinski definition) is 0. The maximum atomic E-state index is 13.3. The lowest BCUT2D eigenvalue weighted by Crippen LogP contribution is -2.49. The molecule has 3 aliphatic heterocycles. The van der Waals surface area contributed by atoms with Crippen LogP contribution >= 0.6 is 0 Å². The van der Waals surface area contributed by atoms with E-state index in [1.165, 1.54) is 0 Å². The van der Waals surface area contributed by atoms with Crippen LogP contribution in [0.25, 0.3) is 11.0 Å². The number of benzene rings is 1. The summed E-state index contributed by atoms with van der Waals surface area (Å²) in [4.78, 5) is 34.2. The Morgan fingerprint density at radius 1 is 1.26 bits per heavy atom.